The Kier molecular flexibility index (Phi) is 7.33. The van der Waals surface area contributed by atoms with E-state index in [2.05, 4.69) is 0 Å². The second-order valence-electron chi connectivity index (χ2n) is 7.41. The lowest BCUT2D eigenvalue weighted by atomic mass is 10.1. The van der Waals surface area contributed by atoms with E-state index < -0.39 is 0 Å². The van der Waals surface area contributed by atoms with Crippen LogP contribution in [0.1, 0.15) is 61.6 Å². The molecule has 6 nitrogen and oxygen atoms in total. The van der Waals surface area contributed by atoms with Crippen LogP contribution in [0, 0.1) is 0 Å². The number of carbonyl (C=O) groups is 2. The van der Waals surface area contributed by atoms with E-state index in [9.17, 15) is 9.59 Å². The van der Waals surface area contributed by atoms with Crippen LogP contribution in [0.25, 0.3) is 0 Å². The summed E-state index contributed by atoms with van der Waals surface area (Å²) in [5.74, 6) is 2.03. The molecule has 0 saturated heterocycles. The predicted octanol–water partition coefficient (Wildman–Crippen LogP) is 4.62. The first-order chi connectivity index (χ1) is 14.1. The van der Waals surface area contributed by atoms with Gasteiger partial charge in [-0.05, 0) is 56.5 Å². The number of rotatable bonds is 10. The second kappa shape index (κ2) is 10.1. The number of amides is 1. The lowest BCUT2D eigenvalue weighted by Crippen LogP contribution is -2.38. The van der Waals surface area contributed by atoms with E-state index in [0.717, 1.165) is 18.6 Å². The fourth-order valence-electron chi connectivity index (χ4n) is 3.76. The molecule has 1 aliphatic carbocycles. The molecule has 0 unspecified atom stereocenters. The number of Topliss-reactive ketones (excluding diaryl/α,β-unsaturated/α-hetero) is 1. The Morgan fingerprint density at radius 3 is 2.62 bits per heavy atom. The zero-order chi connectivity index (χ0) is 20.6. The molecule has 1 amide bonds. The van der Waals surface area contributed by atoms with Gasteiger partial charge in [0.15, 0.2) is 17.3 Å². The summed E-state index contributed by atoms with van der Waals surface area (Å²) in [7, 11) is 1.55. The van der Waals surface area contributed by atoms with Crippen LogP contribution >= 0.6 is 0 Å². The third-order valence-corrected chi connectivity index (χ3v) is 5.35. The van der Waals surface area contributed by atoms with Crippen molar-refractivity contribution in [1.29, 1.82) is 0 Å². The van der Waals surface area contributed by atoms with Gasteiger partial charge in [0, 0.05) is 18.0 Å². The summed E-state index contributed by atoms with van der Waals surface area (Å²) in [5.41, 5.74) is 0.578. The molecule has 156 valence electrons. The van der Waals surface area contributed by atoms with Gasteiger partial charge in [0.1, 0.15) is 5.76 Å². The SMILES string of the molecule is COc1cc(C(C)=O)ccc1OCCCC(=O)N(Cc1ccco1)C1CCCC1. The van der Waals surface area contributed by atoms with Crippen LogP contribution in [0.15, 0.2) is 41.0 Å². The third kappa shape index (κ3) is 5.62. The summed E-state index contributed by atoms with van der Waals surface area (Å²) in [6.07, 6.45) is 7.14. The molecule has 1 aromatic heterocycles. The molecule has 1 aliphatic rings. The van der Waals surface area contributed by atoms with Crippen molar-refractivity contribution in [2.45, 2.75) is 58.0 Å². The van der Waals surface area contributed by atoms with E-state index in [0.29, 0.717) is 49.1 Å². The van der Waals surface area contributed by atoms with Crippen molar-refractivity contribution in [2.75, 3.05) is 13.7 Å². The lowest BCUT2D eigenvalue weighted by Gasteiger charge is -2.28. The van der Waals surface area contributed by atoms with Gasteiger partial charge in [-0.2, -0.15) is 0 Å². The fraction of sp³-hybridized carbons (Fsp3) is 0.478. The van der Waals surface area contributed by atoms with Gasteiger partial charge in [-0.1, -0.05) is 12.8 Å². The standard InChI is InChI=1S/C23H29NO5/c1-17(25)18-11-12-21(22(15-18)27-2)29-14-6-10-23(26)24(19-7-3-4-8-19)16-20-9-5-13-28-20/h5,9,11-13,15,19H,3-4,6-8,10,14,16H2,1-2H3. The molecule has 29 heavy (non-hydrogen) atoms. The molecule has 1 fully saturated rings. The Balaban J connectivity index is 1.53. The van der Waals surface area contributed by atoms with E-state index >= 15 is 0 Å². The zero-order valence-electron chi connectivity index (χ0n) is 17.2. The number of methoxy groups -OCH3 is 1. The summed E-state index contributed by atoms with van der Waals surface area (Å²) in [5, 5.41) is 0. The number of ketones is 1. The van der Waals surface area contributed by atoms with Gasteiger partial charge in [0.05, 0.1) is 26.5 Å². The maximum Gasteiger partial charge on any atom is 0.223 e. The molecule has 0 spiro atoms. The largest absolute Gasteiger partial charge is 0.493 e. The van der Waals surface area contributed by atoms with Crippen molar-refractivity contribution in [1.82, 2.24) is 4.90 Å². The Labute approximate surface area is 171 Å². The summed E-state index contributed by atoms with van der Waals surface area (Å²) in [6, 6.07) is 9.19. The predicted molar refractivity (Wildman–Crippen MR) is 109 cm³/mol. The van der Waals surface area contributed by atoms with Crippen LogP contribution in [0.2, 0.25) is 0 Å². The van der Waals surface area contributed by atoms with Crippen molar-refractivity contribution >= 4 is 11.7 Å². The van der Waals surface area contributed by atoms with Crippen molar-refractivity contribution in [2.24, 2.45) is 0 Å². The van der Waals surface area contributed by atoms with Gasteiger partial charge in [-0.15, -0.1) is 0 Å². The summed E-state index contributed by atoms with van der Waals surface area (Å²) < 4.78 is 16.6. The van der Waals surface area contributed by atoms with E-state index in [4.69, 9.17) is 13.9 Å². The molecule has 3 rings (SSSR count). The Hall–Kier alpha value is -2.76. The molecule has 0 atom stereocenters. The number of ether oxygens (including phenoxy) is 2. The quantitative estimate of drug-likeness (QED) is 0.431. The zero-order valence-corrected chi connectivity index (χ0v) is 17.2. The van der Waals surface area contributed by atoms with Crippen molar-refractivity contribution < 1.29 is 23.5 Å². The Bertz CT molecular complexity index is 809. The van der Waals surface area contributed by atoms with Crippen LogP contribution in [0.5, 0.6) is 11.5 Å². The van der Waals surface area contributed by atoms with Gasteiger partial charge in [0.25, 0.3) is 0 Å². The van der Waals surface area contributed by atoms with Crippen LogP contribution < -0.4 is 9.47 Å². The maximum absolute atomic E-state index is 12.9. The monoisotopic (exact) mass is 399 g/mol. The molecule has 2 aromatic rings. The van der Waals surface area contributed by atoms with Gasteiger partial charge in [-0.3, -0.25) is 9.59 Å². The number of hydrogen-bond acceptors (Lipinski definition) is 5. The molecular weight excluding hydrogens is 370 g/mol. The van der Waals surface area contributed by atoms with E-state index in [1.807, 2.05) is 17.0 Å². The molecule has 0 N–H and O–H groups in total. The van der Waals surface area contributed by atoms with Crippen molar-refractivity contribution in [3.05, 3.63) is 47.9 Å². The van der Waals surface area contributed by atoms with Gasteiger partial charge in [-0.25, -0.2) is 0 Å². The highest BCUT2D eigenvalue weighted by molar-refractivity contribution is 5.94. The number of hydrogen-bond donors (Lipinski definition) is 0. The number of benzene rings is 1. The van der Waals surface area contributed by atoms with Gasteiger partial charge in [0.2, 0.25) is 5.91 Å². The van der Waals surface area contributed by atoms with Crippen molar-refractivity contribution in [3.8, 4) is 11.5 Å². The van der Waals surface area contributed by atoms with Gasteiger partial charge < -0.3 is 18.8 Å². The third-order valence-electron chi connectivity index (χ3n) is 5.35. The molecule has 1 heterocycles. The van der Waals surface area contributed by atoms with Crippen LogP contribution in [-0.2, 0) is 11.3 Å². The molecular formula is C23H29NO5. The molecule has 0 radical (unpaired) electrons. The topological polar surface area (TPSA) is 69.0 Å². The van der Waals surface area contributed by atoms with Crippen molar-refractivity contribution in [3.63, 3.8) is 0 Å². The highest BCUT2D eigenvalue weighted by Crippen LogP contribution is 2.29. The highest BCUT2D eigenvalue weighted by atomic mass is 16.5. The average Bonchev–Trinajstić information content (AvgIpc) is 3.43. The minimum atomic E-state index is -0.0241. The molecule has 0 bridgehead atoms. The molecule has 1 saturated carbocycles. The van der Waals surface area contributed by atoms with Crippen LogP contribution in [0.4, 0.5) is 0 Å². The normalized spacial score (nSPS) is 14.0. The Morgan fingerprint density at radius 2 is 1.97 bits per heavy atom. The minimum Gasteiger partial charge on any atom is -0.493 e. The maximum atomic E-state index is 12.9. The fourth-order valence-corrected chi connectivity index (χ4v) is 3.76. The number of carbonyl (C=O) groups excluding carboxylic acids is 2. The second-order valence-corrected chi connectivity index (χ2v) is 7.41. The van der Waals surface area contributed by atoms with E-state index in [1.54, 1.807) is 31.6 Å². The summed E-state index contributed by atoms with van der Waals surface area (Å²) in [6.45, 7) is 2.44. The summed E-state index contributed by atoms with van der Waals surface area (Å²) in [4.78, 5) is 26.3. The van der Waals surface area contributed by atoms with E-state index in [1.165, 1.54) is 19.8 Å². The highest BCUT2D eigenvalue weighted by Gasteiger charge is 2.27. The molecule has 6 heteroatoms. The first-order valence-corrected chi connectivity index (χ1v) is 10.2. The Morgan fingerprint density at radius 1 is 1.17 bits per heavy atom. The first-order valence-electron chi connectivity index (χ1n) is 10.2. The summed E-state index contributed by atoms with van der Waals surface area (Å²) >= 11 is 0. The number of nitrogens with zero attached hydrogens (tertiary/aromatic N) is 1. The van der Waals surface area contributed by atoms with Crippen LogP contribution in [0.3, 0.4) is 0 Å². The van der Waals surface area contributed by atoms with Crippen LogP contribution in [-0.4, -0.2) is 36.3 Å². The van der Waals surface area contributed by atoms with E-state index in [-0.39, 0.29) is 11.7 Å². The molecule has 1 aromatic carbocycles. The number of furan rings is 1. The first kappa shape index (κ1) is 21.0. The smallest absolute Gasteiger partial charge is 0.223 e. The average molecular weight is 399 g/mol. The lowest BCUT2D eigenvalue weighted by molar-refractivity contribution is -0.134. The van der Waals surface area contributed by atoms with Gasteiger partial charge >= 0.3 is 0 Å². The molecule has 0 aliphatic heterocycles. The minimum absolute atomic E-state index is 0.0241.